The van der Waals surface area contributed by atoms with Gasteiger partial charge in [0.15, 0.2) is 5.78 Å². The number of halogens is 8. The fraction of sp³-hybridized carbons (Fsp3) is 0.545. The van der Waals surface area contributed by atoms with Gasteiger partial charge < -0.3 is 23.6 Å². The van der Waals surface area contributed by atoms with Crippen LogP contribution in [0.1, 0.15) is 148 Å². The Hall–Kier alpha value is -2.58. The second-order valence-electron chi connectivity index (χ2n) is 19.0. The molecule has 416 valence electrons. The number of hydrogen-bond donors (Lipinski definition) is 0. The van der Waals surface area contributed by atoms with Gasteiger partial charge in [-0.25, -0.2) is 4.98 Å². The molecule has 0 radical (unpaired) electrons. The van der Waals surface area contributed by atoms with E-state index in [2.05, 4.69) is 34.0 Å². The first kappa shape index (κ1) is 69.5. The molecule has 1 aliphatic heterocycles. The van der Waals surface area contributed by atoms with Crippen molar-refractivity contribution in [1.82, 2.24) is 15.0 Å². The SMILES string of the molecule is C1CCOC1.CC(C)(C)[O-].COP(=O)(CC(=O)CCCCc1ccc2c(n1)CCCC2)OC.COc1ccc(Cl)c(C(F)(F)F)c1.O=C(/C=C/c1cnc(Cl)c(C(F)(F)F)c1)CCCCc1ccc2c(n1)CCCC2.[K+]. The fourth-order valence-corrected chi connectivity index (χ4v) is 9.08. The summed E-state index contributed by atoms with van der Waals surface area (Å²) in [6, 6.07) is 12.8. The molecular weight excluding hydrogens is 1090 g/mol. The van der Waals surface area contributed by atoms with Gasteiger partial charge in [0, 0.05) is 69.2 Å². The first-order valence-electron chi connectivity index (χ1n) is 25.1. The van der Waals surface area contributed by atoms with Crippen molar-refractivity contribution in [3.8, 4) is 5.75 Å². The van der Waals surface area contributed by atoms with Crippen LogP contribution in [0.3, 0.4) is 0 Å². The summed E-state index contributed by atoms with van der Waals surface area (Å²) in [6.45, 7) is 6.90. The van der Waals surface area contributed by atoms with Gasteiger partial charge in [-0.2, -0.15) is 26.3 Å². The fourth-order valence-electron chi connectivity index (χ4n) is 7.65. The molecule has 0 unspecified atom stereocenters. The number of ether oxygens (including phenoxy) is 2. The van der Waals surface area contributed by atoms with Crippen LogP contribution in [0.15, 0.2) is 60.8 Å². The maximum absolute atomic E-state index is 12.8. The van der Waals surface area contributed by atoms with Crippen molar-refractivity contribution in [3.63, 3.8) is 0 Å². The Morgan fingerprint density at radius 1 is 0.711 bits per heavy atom. The van der Waals surface area contributed by atoms with E-state index >= 15 is 0 Å². The predicted octanol–water partition coefficient (Wildman–Crippen LogP) is 11.1. The summed E-state index contributed by atoms with van der Waals surface area (Å²) in [5.74, 6) is -0.0703. The summed E-state index contributed by atoms with van der Waals surface area (Å²) < 4.78 is 106. The molecule has 0 spiro atoms. The summed E-state index contributed by atoms with van der Waals surface area (Å²) in [6.07, 6.45) is 12.2. The Balaban J connectivity index is 0.000000371. The van der Waals surface area contributed by atoms with Crippen LogP contribution in [0.25, 0.3) is 6.08 Å². The van der Waals surface area contributed by atoms with Crippen LogP contribution >= 0.6 is 30.8 Å². The van der Waals surface area contributed by atoms with Gasteiger partial charge in [-0.05, 0) is 168 Å². The Bertz CT molecular complexity index is 2470. The standard InChI is InChI=1S/C22H22ClF3N2O.C17H26NO4P.C8H6ClF3O.C4H8O.C4H9O.K/c23-21-19(22(24,25)26)13-15(14-27-21)9-12-18(29)7-3-2-6-17-11-10-16-5-1-4-8-20(16)28-17;1-21-23(20,22-2)13-16(19)9-5-4-8-15-12-11-14-7-3-6-10-17(14)18-15;1-13-5-2-3-7(9)6(4-5)8(10,11)12;1-2-4-5-3-1;1-4(2,3)5;/h9-14H,1-8H2;11-12H,3-10,13H2,1-2H3;2-4H,1H3;1-4H2;1-3H3;/q;;;;-1;+1/b12-9+;;;;;. The predicted molar refractivity (Wildman–Crippen MR) is 279 cm³/mol. The average molecular weight is 1160 g/mol. The smallest absolute Gasteiger partial charge is 0.850 e. The zero-order valence-corrected chi connectivity index (χ0v) is 50.3. The van der Waals surface area contributed by atoms with E-state index in [-0.39, 0.29) is 85.4 Å². The number of alkyl halides is 6. The largest absolute Gasteiger partial charge is 1.00 e. The van der Waals surface area contributed by atoms with Crippen LogP contribution in [0, 0.1) is 0 Å². The van der Waals surface area contributed by atoms with Gasteiger partial charge in [-0.3, -0.25) is 24.1 Å². The minimum Gasteiger partial charge on any atom is -0.850 e. The van der Waals surface area contributed by atoms with Gasteiger partial charge in [-0.1, -0.05) is 56.1 Å². The van der Waals surface area contributed by atoms with Gasteiger partial charge in [0.25, 0.3) is 0 Å². The number of hydrogen-bond acceptors (Lipinski definition) is 11. The van der Waals surface area contributed by atoms with Crippen LogP contribution < -0.4 is 61.2 Å². The third-order valence-corrected chi connectivity index (χ3v) is 14.1. The van der Waals surface area contributed by atoms with E-state index in [1.54, 1.807) is 20.8 Å². The second-order valence-corrected chi connectivity index (χ2v) is 22.0. The van der Waals surface area contributed by atoms with Crippen molar-refractivity contribution < 1.29 is 116 Å². The number of pyridine rings is 3. The van der Waals surface area contributed by atoms with Gasteiger partial charge in [-0.15, -0.1) is 5.60 Å². The molecule has 7 rings (SSSR count). The number of methoxy groups -OCH3 is 1. The minimum absolute atomic E-state index is 0. The molecule has 0 atom stereocenters. The number of nitrogens with zero attached hydrogens (tertiary/aromatic N) is 3. The maximum atomic E-state index is 12.8. The molecule has 1 aromatic carbocycles. The molecule has 2 aliphatic carbocycles. The molecule has 4 heterocycles. The Kier molecular flexibility index (Phi) is 32.2. The summed E-state index contributed by atoms with van der Waals surface area (Å²) >= 11 is 10.9. The topological polar surface area (TPSA) is 150 Å². The molecule has 0 N–H and O–H groups in total. The number of rotatable bonds is 17. The van der Waals surface area contributed by atoms with Crippen LogP contribution in [-0.2, 0) is 78.8 Å². The summed E-state index contributed by atoms with van der Waals surface area (Å²) in [5, 5.41) is 9.18. The summed E-state index contributed by atoms with van der Waals surface area (Å²) in [7, 11) is 0.686. The number of benzene rings is 1. The normalized spacial score (nSPS) is 14.1. The number of ketones is 2. The van der Waals surface area contributed by atoms with Crippen molar-refractivity contribution >= 4 is 48.4 Å². The first-order chi connectivity index (χ1) is 35.3. The second kappa shape index (κ2) is 35.2. The maximum Gasteiger partial charge on any atom is 1.00 e. The van der Waals surface area contributed by atoms with Gasteiger partial charge in [0.2, 0.25) is 0 Å². The monoisotopic (exact) mass is 1160 g/mol. The van der Waals surface area contributed by atoms with Crippen molar-refractivity contribution in [2.24, 2.45) is 0 Å². The van der Waals surface area contributed by atoms with E-state index in [1.165, 1.54) is 107 Å². The van der Waals surface area contributed by atoms with E-state index in [1.807, 2.05) is 0 Å². The molecule has 0 amide bonds. The Morgan fingerprint density at radius 2 is 1.21 bits per heavy atom. The van der Waals surface area contributed by atoms with Crippen molar-refractivity contribution in [3.05, 3.63) is 122 Å². The molecule has 11 nitrogen and oxygen atoms in total. The number of carbonyl (C=O) groups is 2. The molecule has 21 heteroatoms. The number of fused-ring (bicyclic) bond motifs is 2. The number of Topliss-reactive ketones (excluding diaryl/α,β-unsaturated/α-hetero) is 1. The average Bonchev–Trinajstić information content (AvgIpc) is 3.97. The van der Waals surface area contributed by atoms with Crippen molar-refractivity contribution in [2.45, 2.75) is 154 Å². The molecule has 1 fully saturated rings. The number of unbranched alkanes of at least 4 members (excludes halogenated alkanes) is 2. The number of carbonyl (C=O) groups excluding carboxylic acids is 2. The zero-order valence-electron chi connectivity index (χ0n) is 44.8. The van der Waals surface area contributed by atoms with Gasteiger partial charge >= 0.3 is 71.3 Å². The van der Waals surface area contributed by atoms with E-state index in [0.29, 0.717) is 19.3 Å². The number of aryl methyl sites for hydroxylation is 6. The van der Waals surface area contributed by atoms with Crippen molar-refractivity contribution in [1.29, 1.82) is 0 Å². The Labute approximate surface area is 497 Å². The molecule has 0 bridgehead atoms. The van der Waals surface area contributed by atoms with Crippen LogP contribution in [0.5, 0.6) is 5.75 Å². The van der Waals surface area contributed by atoms with Crippen molar-refractivity contribution in [2.75, 3.05) is 40.7 Å². The summed E-state index contributed by atoms with van der Waals surface area (Å²) in [4.78, 5) is 36.8. The van der Waals surface area contributed by atoms with Crippen LogP contribution in [0.2, 0.25) is 10.2 Å². The van der Waals surface area contributed by atoms with E-state index in [4.69, 9.17) is 47.0 Å². The van der Waals surface area contributed by atoms with E-state index < -0.39 is 41.8 Å². The summed E-state index contributed by atoms with van der Waals surface area (Å²) in [5.41, 5.74) is 4.93. The molecule has 0 saturated carbocycles. The number of allylic oxidation sites excluding steroid dienone is 1. The molecule has 4 aromatic rings. The van der Waals surface area contributed by atoms with Gasteiger partial charge in [0.05, 0.1) is 23.3 Å². The first-order valence-corrected chi connectivity index (χ1v) is 27.6. The van der Waals surface area contributed by atoms with Crippen LogP contribution in [-0.4, -0.2) is 72.8 Å². The van der Waals surface area contributed by atoms with Gasteiger partial charge in [0.1, 0.15) is 22.8 Å². The molecule has 1 saturated heterocycles. The molecule has 3 aliphatic rings. The number of aromatic nitrogens is 3. The molecule has 76 heavy (non-hydrogen) atoms. The third-order valence-electron chi connectivity index (χ3n) is 11.6. The molecular formula is C55H71Cl2F6KN3O8P. The Morgan fingerprint density at radius 3 is 1.67 bits per heavy atom. The van der Waals surface area contributed by atoms with E-state index in [9.17, 15) is 45.6 Å². The third kappa shape index (κ3) is 28.0. The zero-order chi connectivity index (χ0) is 55.7. The minimum atomic E-state index is -4.58. The quantitative estimate of drug-likeness (QED) is 0.0248. The van der Waals surface area contributed by atoms with E-state index in [0.717, 1.165) is 101 Å². The van der Waals surface area contributed by atoms with Crippen LogP contribution in [0.4, 0.5) is 26.3 Å². The molecule has 3 aromatic heterocycles.